The van der Waals surface area contributed by atoms with Gasteiger partial charge in [-0.05, 0) is 35.0 Å². The lowest BCUT2D eigenvalue weighted by Gasteiger charge is -2.00. The maximum absolute atomic E-state index is 5.57. The summed E-state index contributed by atoms with van der Waals surface area (Å²) in [6.07, 6.45) is 0. The van der Waals surface area contributed by atoms with Crippen LogP contribution in [0.5, 0.6) is 0 Å². The topological polar surface area (TPSA) is 57.0 Å². The van der Waals surface area contributed by atoms with Gasteiger partial charge in [-0.1, -0.05) is 0 Å². The molecule has 0 aliphatic rings. The molecule has 0 unspecified atom stereocenters. The SMILES string of the molecule is Cc1cc(N)nn1Cc1ccc(Br)o1. The van der Waals surface area contributed by atoms with Crippen molar-refractivity contribution in [3.05, 3.63) is 34.3 Å². The van der Waals surface area contributed by atoms with E-state index < -0.39 is 0 Å². The van der Waals surface area contributed by atoms with E-state index in [1.807, 2.05) is 25.1 Å². The van der Waals surface area contributed by atoms with Crippen molar-refractivity contribution in [3.8, 4) is 0 Å². The van der Waals surface area contributed by atoms with Crippen LogP contribution < -0.4 is 5.73 Å². The molecule has 2 rings (SSSR count). The zero-order valence-electron chi connectivity index (χ0n) is 7.70. The molecule has 0 atom stereocenters. The molecule has 0 amide bonds. The predicted molar refractivity (Wildman–Crippen MR) is 56.9 cm³/mol. The Morgan fingerprint density at radius 2 is 2.36 bits per heavy atom. The molecule has 0 aromatic carbocycles. The van der Waals surface area contributed by atoms with Crippen molar-refractivity contribution in [2.75, 3.05) is 5.73 Å². The van der Waals surface area contributed by atoms with E-state index in [9.17, 15) is 0 Å². The Labute approximate surface area is 89.8 Å². The Morgan fingerprint density at radius 3 is 2.86 bits per heavy atom. The van der Waals surface area contributed by atoms with Crippen LogP contribution in [-0.2, 0) is 6.54 Å². The van der Waals surface area contributed by atoms with Crippen LogP contribution in [0.25, 0.3) is 0 Å². The second-order valence-electron chi connectivity index (χ2n) is 3.07. The molecule has 0 spiro atoms. The van der Waals surface area contributed by atoms with Crippen LogP contribution in [0.3, 0.4) is 0 Å². The fraction of sp³-hybridized carbons (Fsp3) is 0.222. The van der Waals surface area contributed by atoms with Crippen molar-refractivity contribution in [2.45, 2.75) is 13.5 Å². The Morgan fingerprint density at radius 1 is 1.57 bits per heavy atom. The average molecular weight is 256 g/mol. The van der Waals surface area contributed by atoms with Crippen molar-refractivity contribution in [2.24, 2.45) is 0 Å². The van der Waals surface area contributed by atoms with Crippen LogP contribution in [0.1, 0.15) is 11.5 Å². The van der Waals surface area contributed by atoms with Crippen LogP contribution in [0.15, 0.2) is 27.3 Å². The summed E-state index contributed by atoms with van der Waals surface area (Å²) in [5.74, 6) is 1.39. The highest BCUT2D eigenvalue weighted by molar-refractivity contribution is 9.10. The molecule has 0 saturated carbocycles. The number of halogens is 1. The first-order valence-corrected chi connectivity index (χ1v) is 4.98. The van der Waals surface area contributed by atoms with Gasteiger partial charge in [0.1, 0.15) is 11.6 Å². The lowest BCUT2D eigenvalue weighted by molar-refractivity contribution is 0.460. The molecule has 2 aromatic rings. The number of furan rings is 1. The zero-order valence-corrected chi connectivity index (χ0v) is 9.28. The number of aromatic nitrogens is 2. The third-order valence-electron chi connectivity index (χ3n) is 1.93. The van der Waals surface area contributed by atoms with Gasteiger partial charge in [-0.25, -0.2) is 0 Å². The van der Waals surface area contributed by atoms with Crippen molar-refractivity contribution >= 4 is 21.7 Å². The van der Waals surface area contributed by atoms with E-state index in [1.54, 1.807) is 4.68 Å². The van der Waals surface area contributed by atoms with Gasteiger partial charge in [0.2, 0.25) is 0 Å². The molecule has 0 aliphatic heterocycles. The summed E-state index contributed by atoms with van der Waals surface area (Å²) in [4.78, 5) is 0. The summed E-state index contributed by atoms with van der Waals surface area (Å²) >= 11 is 3.25. The van der Waals surface area contributed by atoms with Crippen molar-refractivity contribution in [1.29, 1.82) is 0 Å². The Balaban J connectivity index is 2.22. The predicted octanol–water partition coefficient (Wildman–Crippen LogP) is 2.18. The van der Waals surface area contributed by atoms with Gasteiger partial charge >= 0.3 is 0 Å². The van der Waals surface area contributed by atoms with E-state index in [-0.39, 0.29) is 0 Å². The van der Waals surface area contributed by atoms with Gasteiger partial charge in [0.15, 0.2) is 4.67 Å². The van der Waals surface area contributed by atoms with E-state index in [2.05, 4.69) is 21.0 Å². The average Bonchev–Trinajstić information content (AvgIpc) is 2.61. The molecule has 2 aromatic heterocycles. The van der Waals surface area contributed by atoms with Gasteiger partial charge in [-0.15, -0.1) is 0 Å². The van der Waals surface area contributed by atoms with Gasteiger partial charge in [0, 0.05) is 11.8 Å². The molecule has 0 saturated heterocycles. The maximum atomic E-state index is 5.57. The summed E-state index contributed by atoms with van der Waals surface area (Å²) in [6.45, 7) is 2.57. The molecular weight excluding hydrogens is 246 g/mol. The summed E-state index contributed by atoms with van der Waals surface area (Å²) in [5.41, 5.74) is 6.59. The number of nitrogens with zero attached hydrogens (tertiary/aromatic N) is 2. The Kier molecular flexibility index (Phi) is 2.33. The fourth-order valence-corrected chi connectivity index (χ4v) is 1.62. The van der Waals surface area contributed by atoms with Crippen molar-refractivity contribution < 1.29 is 4.42 Å². The van der Waals surface area contributed by atoms with E-state index in [1.165, 1.54) is 0 Å². The first-order chi connectivity index (χ1) is 6.65. The van der Waals surface area contributed by atoms with Crippen molar-refractivity contribution in [1.82, 2.24) is 9.78 Å². The number of aryl methyl sites for hydroxylation is 1. The molecule has 4 nitrogen and oxygen atoms in total. The Hall–Kier alpha value is -1.23. The van der Waals surface area contributed by atoms with Crippen LogP contribution in [0.4, 0.5) is 5.82 Å². The number of nitrogen functional groups attached to an aromatic ring is 1. The lowest BCUT2D eigenvalue weighted by Crippen LogP contribution is -2.03. The fourth-order valence-electron chi connectivity index (χ4n) is 1.28. The highest BCUT2D eigenvalue weighted by Crippen LogP contribution is 2.16. The van der Waals surface area contributed by atoms with Crippen LogP contribution >= 0.6 is 15.9 Å². The van der Waals surface area contributed by atoms with Crippen LogP contribution in [0.2, 0.25) is 0 Å². The lowest BCUT2D eigenvalue weighted by atomic mass is 10.4. The molecule has 5 heteroatoms. The van der Waals surface area contributed by atoms with Crippen molar-refractivity contribution in [3.63, 3.8) is 0 Å². The number of anilines is 1. The van der Waals surface area contributed by atoms with Gasteiger partial charge in [-0.2, -0.15) is 5.10 Å². The monoisotopic (exact) mass is 255 g/mol. The molecule has 0 bridgehead atoms. The van der Waals surface area contributed by atoms with Crippen LogP contribution in [-0.4, -0.2) is 9.78 Å². The molecule has 0 aliphatic carbocycles. The first kappa shape index (κ1) is 9.33. The summed E-state index contributed by atoms with van der Waals surface area (Å²) in [7, 11) is 0. The number of hydrogen-bond acceptors (Lipinski definition) is 3. The minimum atomic E-state index is 0.535. The summed E-state index contributed by atoms with van der Waals surface area (Å²) < 4.78 is 7.90. The molecule has 0 radical (unpaired) electrons. The van der Waals surface area contributed by atoms with Gasteiger partial charge in [-0.3, -0.25) is 4.68 Å². The molecule has 14 heavy (non-hydrogen) atoms. The maximum Gasteiger partial charge on any atom is 0.169 e. The Bertz CT molecular complexity index is 447. The molecular formula is C9H10BrN3O. The van der Waals surface area contributed by atoms with E-state index in [0.717, 1.165) is 16.1 Å². The second-order valence-corrected chi connectivity index (χ2v) is 3.86. The number of hydrogen-bond donors (Lipinski definition) is 1. The number of rotatable bonds is 2. The highest BCUT2D eigenvalue weighted by atomic mass is 79.9. The largest absolute Gasteiger partial charge is 0.452 e. The smallest absolute Gasteiger partial charge is 0.169 e. The van der Waals surface area contributed by atoms with Gasteiger partial charge < -0.3 is 10.2 Å². The van der Waals surface area contributed by atoms with Gasteiger partial charge in [0.25, 0.3) is 0 Å². The standard InChI is InChI=1S/C9H10BrN3O/c1-6-4-9(11)12-13(6)5-7-2-3-8(10)14-7/h2-4H,5H2,1H3,(H2,11,12). The summed E-state index contributed by atoms with van der Waals surface area (Å²) in [6, 6.07) is 5.59. The van der Waals surface area contributed by atoms with E-state index in [0.29, 0.717) is 12.4 Å². The minimum Gasteiger partial charge on any atom is -0.452 e. The van der Waals surface area contributed by atoms with Crippen LogP contribution in [0, 0.1) is 6.92 Å². The van der Waals surface area contributed by atoms with Gasteiger partial charge in [0.05, 0.1) is 6.54 Å². The second kappa shape index (κ2) is 3.49. The molecule has 74 valence electrons. The third kappa shape index (κ3) is 1.82. The normalized spacial score (nSPS) is 10.7. The minimum absolute atomic E-state index is 0.535. The summed E-state index contributed by atoms with van der Waals surface area (Å²) in [5, 5.41) is 4.13. The molecule has 2 N–H and O–H groups in total. The molecule has 0 fully saturated rings. The molecule has 2 heterocycles. The number of nitrogens with two attached hydrogens (primary N) is 1. The third-order valence-corrected chi connectivity index (χ3v) is 2.36. The van der Waals surface area contributed by atoms with E-state index in [4.69, 9.17) is 10.2 Å². The van der Waals surface area contributed by atoms with E-state index >= 15 is 0 Å². The highest BCUT2D eigenvalue weighted by Gasteiger charge is 2.05. The first-order valence-electron chi connectivity index (χ1n) is 4.19. The zero-order chi connectivity index (χ0) is 10.1. The quantitative estimate of drug-likeness (QED) is 0.895.